The maximum absolute atomic E-state index is 12.7. The highest BCUT2D eigenvalue weighted by atomic mass is 16.2. The van der Waals surface area contributed by atoms with Gasteiger partial charge in [0.15, 0.2) is 0 Å². The summed E-state index contributed by atoms with van der Waals surface area (Å²) in [4.78, 5) is 29.0. The zero-order valence-electron chi connectivity index (χ0n) is 17.3. The lowest BCUT2D eigenvalue weighted by molar-refractivity contribution is -0.134. The minimum Gasteiger partial charge on any atom is -0.343 e. The van der Waals surface area contributed by atoms with Crippen LogP contribution in [0.5, 0.6) is 0 Å². The molecule has 2 fully saturated rings. The highest BCUT2D eigenvalue weighted by Crippen LogP contribution is 2.44. The van der Waals surface area contributed by atoms with Gasteiger partial charge < -0.3 is 14.4 Å². The number of hydrogen-bond donors (Lipinski definition) is 0. The van der Waals surface area contributed by atoms with Gasteiger partial charge in [0, 0.05) is 51.4 Å². The largest absolute Gasteiger partial charge is 0.343 e. The molecule has 29 heavy (non-hydrogen) atoms. The molecule has 1 spiro atoms. The van der Waals surface area contributed by atoms with Gasteiger partial charge in [-0.1, -0.05) is 36.4 Å². The van der Waals surface area contributed by atoms with Gasteiger partial charge in [0.2, 0.25) is 5.91 Å². The number of carbonyl (C=O) groups is 1. The average Bonchev–Trinajstić information content (AvgIpc) is 2.73. The zero-order valence-corrected chi connectivity index (χ0v) is 17.3. The van der Waals surface area contributed by atoms with Crippen molar-refractivity contribution < 1.29 is 4.79 Å². The molecule has 0 bridgehead atoms. The van der Waals surface area contributed by atoms with Crippen LogP contribution in [-0.2, 0) is 11.3 Å². The van der Waals surface area contributed by atoms with Gasteiger partial charge in [0.05, 0.1) is 0 Å². The van der Waals surface area contributed by atoms with E-state index in [0.717, 1.165) is 39.0 Å². The number of nitrogens with zero attached hydrogens (tertiary/aromatic N) is 3. The number of piperidine rings is 2. The molecule has 1 aromatic heterocycles. The summed E-state index contributed by atoms with van der Waals surface area (Å²) in [7, 11) is 2.23. The second-order valence-corrected chi connectivity index (χ2v) is 8.87. The number of aryl methyl sites for hydroxylation is 1. The number of amides is 1. The third-order valence-electron chi connectivity index (χ3n) is 6.73. The second-order valence-electron chi connectivity index (χ2n) is 8.87. The first-order valence-electron chi connectivity index (χ1n) is 10.7. The molecular weight excluding hydrogens is 362 g/mol. The molecule has 4 rings (SSSR count). The van der Waals surface area contributed by atoms with E-state index >= 15 is 0 Å². The van der Waals surface area contributed by atoms with E-state index in [-0.39, 0.29) is 11.5 Å². The van der Waals surface area contributed by atoms with Gasteiger partial charge >= 0.3 is 0 Å². The van der Waals surface area contributed by atoms with Crippen LogP contribution < -0.4 is 5.56 Å². The summed E-state index contributed by atoms with van der Waals surface area (Å²) >= 11 is 0. The molecule has 0 aliphatic carbocycles. The first kappa shape index (κ1) is 19.9. The van der Waals surface area contributed by atoms with E-state index in [1.807, 2.05) is 11.0 Å². The molecule has 2 saturated heterocycles. The highest BCUT2D eigenvalue weighted by molar-refractivity contribution is 5.76. The molecule has 2 aromatic rings. The van der Waals surface area contributed by atoms with Crippen LogP contribution in [0.4, 0.5) is 0 Å². The van der Waals surface area contributed by atoms with Gasteiger partial charge in [-0.05, 0) is 49.3 Å². The minimum atomic E-state index is -0.0462. The predicted octanol–water partition coefficient (Wildman–Crippen LogP) is 2.97. The Morgan fingerprint density at radius 2 is 1.79 bits per heavy atom. The van der Waals surface area contributed by atoms with Crippen LogP contribution in [0.15, 0.2) is 59.5 Å². The Kier molecular flexibility index (Phi) is 5.86. The van der Waals surface area contributed by atoms with E-state index in [1.165, 1.54) is 18.1 Å². The minimum absolute atomic E-state index is 0.0462. The van der Waals surface area contributed by atoms with Crippen LogP contribution in [-0.4, -0.2) is 53.5 Å². The van der Waals surface area contributed by atoms with Crippen molar-refractivity contribution in [3.05, 3.63) is 70.6 Å². The molecule has 1 atom stereocenters. The molecule has 154 valence electrons. The number of likely N-dealkylation sites (tertiary alicyclic amines) is 2. The Morgan fingerprint density at radius 1 is 1.07 bits per heavy atom. The van der Waals surface area contributed by atoms with Crippen LogP contribution in [0.3, 0.4) is 0 Å². The smallest absolute Gasteiger partial charge is 0.250 e. The number of carbonyl (C=O) groups excluding carboxylic acids is 1. The third-order valence-corrected chi connectivity index (χ3v) is 6.73. The van der Waals surface area contributed by atoms with Crippen molar-refractivity contribution in [2.24, 2.45) is 5.41 Å². The van der Waals surface area contributed by atoms with Crippen LogP contribution in [0, 0.1) is 5.41 Å². The van der Waals surface area contributed by atoms with Gasteiger partial charge in [0.1, 0.15) is 0 Å². The molecule has 1 unspecified atom stereocenters. The quantitative estimate of drug-likeness (QED) is 0.802. The van der Waals surface area contributed by atoms with E-state index in [1.54, 1.807) is 16.8 Å². The van der Waals surface area contributed by atoms with Gasteiger partial charge in [-0.15, -0.1) is 0 Å². The van der Waals surface area contributed by atoms with Crippen LogP contribution in [0.2, 0.25) is 0 Å². The van der Waals surface area contributed by atoms with Gasteiger partial charge in [-0.25, -0.2) is 0 Å². The van der Waals surface area contributed by atoms with E-state index in [2.05, 4.69) is 42.3 Å². The van der Waals surface area contributed by atoms with E-state index in [0.29, 0.717) is 24.3 Å². The molecule has 0 saturated carbocycles. The molecule has 3 heterocycles. The summed E-state index contributed by atoms with van der Waals surface area (Å²) in [6, 6.07) is 16.0. The number of hydrogen-bond acceptors (Lipinski definition) is 3. The first-order chi connectivity index (χ1) is 14.0. The lowest BCUT2D eigenvalue weighted by atomic mass is 9.68. The number of pyridine rings is 1. The summed E-state index contributed by atoms with van der Waals surface area (Å²) in [6.45, 7) is 4.35. The molecule has 5 heteroatoms. The lowest BCUT2D eigenvalue weighted by Crippen LogP contribution is -2.51. The lowest BCUT2D eigenvalue weighted by Gasteiger charge is -2.49. The van der Waals surface area contributed by atoms with Gasteiger partial charge in [0.25, 0.3) is 5.56 Å². The van der Waals surface area contributed by atoms with Crippen LogP contribution in [0.1, 0.15) is 37.2 Å². The highest BCUT2D eigenvalue weighted by Gasteiger charge is 2.41. The fourth-order valence-electron chi connectivity index (χ4n) is 5.23. The van der Waals surface area contributed by atoms with Crippen molar-refractivity contribution in [2.45, 2.75) is 38.1 Å². The molecular formula is C24H31N3O2. The van der Waals surface area contributed by atoms with E-state index in [4.69, 9.17) is 0 Å². The summed E-state index contributed by atoms with van der Waals surface area (Å²) in [6.07, 6.45) is 5.49. The van der Waals surface area contributed by atoms with Crippen LogP contribution in [0.25, 0.3) is 0 Å². The Morgan fingerprint density at radius 3 is 2.52 bits per heavy atom. The van der Waals surface area contributed by atoms with Gasteiger partial charge in [-0.3, -0.25) is 9.59 Å². The van der Waals surface area contributed by atoms with Crippen molar-refractivity contribution in [1.82, 2.24) is 14.4 Å². The Balaban J connectivity index is 1.35. The summed E-state index contributed by atoms with van der Waals surface area (Å²) in [5.74, 6) is 0.738. The summed E-state index contributed by atoms with van der Waals surface area (Å²) in [5.41, 5.74) is 1.70. The molecule has 2 aliphatic rings. The van der Waals surface area contributed by atoms with Crippen molar-refractivity contribution in [2.75, 3.05) is 33.2 Å². The second kappa shape index (κ2) is 8.54. The number of aromatic nitrogens is 1. The fourth-order valence-corrected chi connectivity index (χ4v) is 5.23. The van der Waals surface area contributed by atoms with E-state index < -0.39 is 0 Å². The number of likely N-dealkylation sites (N-methyl/N-ethyl adjacent to an activating group) is 1. The maximum atomic E-state index is 12.7. The number of benzene rings is 1. The number of rotatable bonds is 4. The SMILES string of the molecule is CN1CC(c2ccccc2)CC2(CCN(C(=O)CCn3ccccc3=O)CC2)C1. The average molecular weight is 394 g/mol. The zero-order chi connectivity index (χ0) is 20.3. The van der Waals surface area contributed by atoms with Gasteiger partial charge in [-0.2, -0.15) is 0 Å². The molecule has 1 aromatic carbocycles. The summed E-state index contributed by atoms with van der Waals surface area (Å²) < 4.78 is 1.61. The topological polar surface area (TPSA) is 45.5 Å². The third kappa shape index (κ3) is 4.61. The van der Waals surface area contributed by atoms with Crippen molar-refractivity contribution >= 4 is 5.91 Å². The summed E-state index contributed by atoms with van der Waals surface area (Å²) in [5, 5.41) is 0. The Labute approximate surface area is 172 Å². The van der Waals surface area contributed by atoms with Crippen molar-refractivity contribution in [3.8, 4) is 0 Å². The molecule has 2 aliphatic heterocycles. The normalized spacial score (nSPS) is 22.0. The Hall–Kier alpha value is -2.40. The van der Waals surface area contributed by atoms with Crippen molar-refractivity contribution in [3.63, 3.8) is 0 Å². The molecule has 0 radical (unpaired) electrons. The van der Waals surface area contributed by atoms with E-state index in [9.17, 15) is 9.59 Å². The molecule has 5 nitrogen and oxygen atoms in total. The maximum Gasteiger partial charge on any atom is 0.250 e. The standard InChI is InChI=1S/C24H31N3O2/c1-25-18-21(20-7-3-2-4-8-20)17-24(19-25)11-15-27(16-12-24)23(29)10-14-26-13-6-5-9-22(26)28/h2-9,13,21H,10-12,14-19H2,1H3. The van der Waals surface area contributed by atoms with Crippen LogP contribution >= 0.6 is 0 Å². The monoisotopic (exact) mass is 393 g/mol. The molecule has 0 N–H and O–H groups in total. The first-order valence-corrected chi connectivity index (χ1v) is 10.7. The Bertz CT molecular complexity index is 884. The molecule has 1 amide bonds. The predicted molar refractivity (Wildman–Crippen MR) is 115 cm³/mol. The fraction of sp³-hybridized carbons (Fsp3) is 0.500. The van der Waals surface area contributed by atoms with Crippen molar-refractivity contribution in [1.29, 1.82) is 0 Å².